The molecule has 52 valence electrons. The second kappa shape index (κ2) is 3.02. The largest absolute Gasteiger partial charge is 0.249 e. The molecule has 0 aliphatic heterocycles. The van der Waals surface area contributed by atoms with E-state index in [0.717, 1.165) is 12.4 Å². The van der Waals surface area contributed by atoms with Crippen LogP contribution in [0.15, 0.2) is 6.33 Å². The van der Waals surface area contributed by atoms with Crippen molar-refractivity contribution < 1.29 is 0 Å². The van der Waals surface area contributed by atoms with E-state index in [2.05, 4.69) is 16.0 Å². The Bertz CT molecular complexity index is 244. The number of aryl methyl sites for hydroxylation is 1. The van der Waals surface area contributed by atoms with Crippen molar-refractivity contribution in [3.63, 3.8) is 0 Å². The van der Waals surface area contributed by atoms with E-state index in [1.54, 1.807) is 4.68 Å². The van der Waals surface area contributed by atoms with Gasteiger partial charge in [0.1, 0.15) is 12.2 Å². The minimum Gasteiger partial charge on any atom is -0.249 e. The maximum Gasteiger partial charge on any atom is 0.138 e. The van der Waals surface area contributed by atoms with Gasteiger partial charge in [0.05, 0.1) is 6.42 Å². The summed E-state index contributed by atoms with van der Waals surface area (Å²) in [6.07, 6.45) is 7.20. The highest BCUT2D eigenvalue weighted by Crippen LogP contribution is 1.92. The molecule has 0 fully saturated rings. The first-order valence-corrected chi connectivity index (χ1v) is 3.18. The second-order valence-corrected chi connectivity index (χ2v) is 1.87. The molecule has 0 amide bonds. The van der Waals surface area contributed by atoms with Gasteiger partial charge in [-0.25, -0.2) is 9.67 Å². The molecule has 0 spiro atoms. The lowest BCUT2D eigenvalue weighted by molar-refractivity contribution is 0.628. The van der Waals surface area contributed by atoms with Gasteiger partial charge in [0, 0.05) is 6.54 Å². The second-order valence-electron chi connectivity index (χ2n) is 1.87. The first-order valence-electron chi connectivity index (χ1n) is 3.18. The van der Waals surface area contributed by atoms with E-state index in [4.69, 9.17) is 6.42 Å². The van der Waals surface area contributed by atoms with E-state index in [1.807, 2.05) is 6.92 Å². The highest BCUT2D eigenvalue weighted by atomic mass is 15.3. The zero-order chi connectivity index (χ0) is 7.40. The fraction of sp³-hybridized carbons (Fsp3) is 0.429. The van der Waals surface area contributed by atoms with Crippen LogP contribution in [-0.2, 0) is 13.0 Å². The van der Waals surface area contributed by atoms with Gasteiger partial charge in [0.25, 0.3) is 0 Å². The van der Waals surface area contributed by atoms with E-state index < -0.39 is 0 Å². The summed E-state index contributed by atoms with van der Waals surface area (Å²) in [4.78, 5) is 3.99. The van der Waals surface area contributed by atoms with Crippen molar-refractivity contribution in [3.05, 3.63) is 12.2 Å². The van der Waals surface area contributed by atoms with Crippen LogP contribution in [0.3, 0.4) is 0 Å². The minimum atomic E-state index is 0.563. The normalized spacial score (nSPS) is 9.20. The molecule has 0 saturated heterocycles. The number of terminal acetylenes is 1. The topological polar surface area (TPSA) is 30.7 Å². The molecule has 0 atom stereocenters. The molecule has 0 bridgehead atoms. The van der Waals surface area contributed by atoms with Crippen LogP contribution in [0.1, 0.15) is 12.7 Å². The molecular weight excluding hydrogens is 126 g/mol. The molecule has 0 unspecified atom stereocenters. The molecule has 1 aromatic rings. The Labute approximate surface area is 60.1 Å². The average molecular weight is 135 g/mol. The molecule has 0 radical (unpaired) electrons. The van der Waals surface area contributed by atoms with Crippen LogP contribution in [0.5, 0.6) is 0 Å². The number of nitrogens with zero attached hydrogens (tertiary/aromatic N) is 3. The number of aromatic nitrogens is 3. The summed E-state index contributed by atoms with van der Waals surface area (Å²) in [5.74, 6) is 3.39. The summed E-state index contributed by atoms with van der Waals surface area (Å²) in [5.41, 5.74) is 0. The SMILES string of the molecule is C#CCc1ncnn1CC. The van der Waals surface area contributed by atoms with Crippen LogP contribution >= 0.6 is 0 Å². The summed E-state index contributed by atoms with van der Waals surface area (Å²) < 4.78 is 1.79. The monoisotopic (exact) mass is 135 g/mol. The van der Waals surface area contributed by atoms with Gasteiger partial charge >= 0.3 is 0 Å². The number of hydrogen-bond donors (Lipinski definition) is 0. The summed E-state index contributed by atoms with van der Waals surface area (Å²) >= 11 is 0. The fourth-order valence-electron chi connectivity index (χ4n) is 0.780. The predicted octanol–water partition coefficient (Wildman–Crippen LogP) is 0.474. The molecule has 0 aliphatic carbocycles. The third-order valence-electron chi connectivity index (χ3n) is 1.26. The lowest BCUT2D eigenvalue weighted by atomic mass is 10.4. The van der Waals surface area contributed by atoms with Crippen molar-refractivity contribution in [2.24, 2.45) is 0 Å². The van der Waals surface area contributed by atoms with Gasteiger partial charge in [-0.2, -0.15) is 5.10 Å². The Kier molecular flexibility index (Phi) is 2.06. The van der Waals surface area contributed by atoms with Gasteiger partial charge in [-0.05, 0) is 6.92 Å². The van der Waals surface area contributed by atoms with Crippen LogP contribution in [0.25, 0.3) is 0 Å². The molecule has 3 nitrogen and oxygen atoms in total. The molecule has 0 aliphatic rings. The Morgan fingerprint density at radius 1 is 1.80 bits per heavy atom. The van der Waals surface area contributed by atoms with E-state index in [0.29, 0.717) is 6.42 Å². The molecule has 3 heteroatoms. The lowest BCUT2D eigenvalue weighted by Gasteiger charge is -1.96. The van der Waals surface area contributed by atoms with Crippen molar-refractivity contribution in [2.45, 2.75) is 19.9 Å². The molecule has 0 aromatic carbocycles. The summed E-state index contributed by atoms with van der Waals surface area (Å²) in [6.45, 7) is 2.84. The van der Waals surface area contributed by atoms with Crippen LogP contribution in [0.4, 0.5) is 0 Å². The quantitative estimate of drug-likeness (QED) is 0.552. The highest BCUT2D eigenvalue weighted by molar-refractivity contribution is 4.99. The Hall–Kier alpha value is -1.30. The third kappa shape index (κ3) is 1.16. The van der Waals surface area contributed by atoms with Crippen LogP contribution in [-0.4, -0.2) is 14.8 Å². The Balaban J connectivity index is 2.82. The predicted molar refractivity (Wildman–Crippen MR) is 38.2 cm³/mol. The smallest absolute Gasteiger partial charge is 0.138 e. The zero-order valence-electron chi connectivity index (χ0n) is 5.91. The molecule has 10 heavy (non-hydrogen) atoms. The first kappa shape index (κ1) is 6.81. The van der Waals surface area contributed by atoms with Gasteiger partial charge in [0.15, 0.2) is 0 Å². The van der Waals surface area contributed by atoms with Crippen molar-refractivity contribution in [1.82, 2.24) is 14.8 Å². The van der Waals surface area contributed by atoms with Crippen LogP contribution in [0.2, 0.25) is 0 Å². The van der Waals surface area contributed by atoms with Gasteiger partial charge < -0.3 is 0 Å². The van der Waals surface area contributed by atoms with Crippen molar-refractivity contribution in [2.75, 3.05) is 0 Å². The number of hydrogen-bond acceptors (Lipinski definition) is 2. The van der Waals surface area contributed by atoms with Crippen molar-refractivity contribution >= 4 is 0 Å². The molecule has 0 N–H and O–H groups in total. The summed E-state index contributed by atoms with van der Waals surface area (Å²) in [6, 6.07) is 0. The van der Waals surface area contributed by atoms with Crippen molar-refractivity contribution in [1.29, 1.82) is 0 Å². The highest BCUT2D eigenvalue weighted by Gasteiger charge is 1.97. The molecule has 1 heterocycles. The van der Waals surface area contributed by atoms with Gasteiger partial charge in [-0.3, -0.25) is 0 Å². The van der Waals surface area contributed by atoms with Gasteiger partial charge in [-0.15, -0.1) is 6.42 Å². The third-order valence-corrected chi connectivity index (χ3v) is 1.26. The molecule has 1 rings (SSSR count). The lowest BCUT2D eigenvalue weighted by Crippen LogP contribution is -2.02. The Morgan fingerprint density at radius 2 is 2.60 bits per heavy atom. The van der Waals surface area contributed by atoms with E-state index in [9.17, 15) is 0 Å². The van der Waals surface area contributed by atoms with Gasteiger partial charge in [-0.1, -0.05) is 5.92 Å². The molecule has 1 aromatic heterocycles. The standard InChI is InChI=1S/C7H9N3/c1-3-5-7-8-6-9-10(7)4-2/h1,6H,4-5H2,2H3. The Morgan fingerprint density at radius 3 is 3.20 bits per heavy atom. The minimum absolute atomic E-state index is 0.563. The van der Waals surface area contributed by atoms with Crippen molar-refractivity contribution in [3.8, 4) is 12.3 Å². The molecule has 0 saturated carbocycles. The first-order chi connectivity index (χ1) is 4.88. The van der Waals surface area contributed by atoms with Crippen LogP contribution in [0, 0.1) is 12.3 Å². The fourth-order valence-corrected chi connectivity index (χ4v) is 0.780. The maximum absolute atomic E-state index is 5.11. The maximum atomic E-state index is 5.11. The zero-order valence-corrected chi connectivity index (χ0v) is 5.91. The van der Waals surface area contributed by atoms with Crippen LogP contribution < -0.4 is 0 Å². The average Bonchev–Trinajstić information content (AvgIpc) is 2.36. The summed E-state index contributed by atoms with van der Waals surface area (Å²) in [5, 5.41) is 3.96. The van der Waals surface area contributed by atoms with E-state index >= 15 is 0 Å². The van der Waals surface area contributed by atoms with E-state index in [1.165, 1.54) is 6.33 Å². The summed E-state index contributed by atoms with van der Waals surface area (Å²) in [7, 11) is 0. The number of rotatable bonds is 2. The molecular formula is C7H9N3. The van der Waals surface area contributed by atoms with Gasteiger partial charge in [0.2, 0.25) is 0 Å². The van der Waals surface area contributed by atoms with E-state index in [-0.39, 0.29) is 0 Å².